The summed E-state index contributed by atoms with van der Waals surface area (Å²) in [6.45, 7) is 3.91. The molecule has 20 heavy (non-hydrogen) atoms. The third-order valence-electron chi connectivity index (χ3n) is 2.15. The number of pyridine rings is 1. The van der Waals surface area contributed by atoms with Gasteiger partial charge in [-0.25, -0.2) is 9.97 Å². The van der Waals surface area contributed by atoms with Crippen LogP contribution in [0.2, 0.25) is 0 Å². The first-order valence-electron chi connectivity index (χ1n) is 6.00. The summed E-state index contributed by atoms with van der Waals surface area (Å²) in [5.41, 5.74) is 0.562. The molecule has 0 saturated carbocycles. The molecule has 7 heteroatoms. The molecule has 5 nitrogen and oxygen atoms in total. The molecule has 106 valence electrons. The van der Waals surface area contributed by atoms with Gasteiger partial charge in [-0.05, 0) is 37.7 Å². The van der Waals surface area contributed by atoms with Crippen LogP contribution in [0.4, 0.5) is 0 Å². The van der Waals surface area contributed by atoms with Gasteiger partial charge in [0.2, 0.25) is 0 Å². The average Bonchev–Trinajstić information content (AvgIpc) is 2.77. The summed E-state index contributed by atoms with van der Waals surface area (Å²) in [4.78, 5) is 19.2. The van der Waals surface area contributed by atoms with Crippen molar-refractivity contribution in [3.05, 3.63) is 29.4 Å². The van der Waals surface area contributed by atoms with E-state index in [0.29, 0.717) is 11.4 Å². The normalized spacial score (nSPS) is 10.8. The van der Waals surface area contributed by atoms with Gasteiger partial charge in [0.15, 0.2) is 10.1 Å². The second kappa shape index (κ2) is 6.71. The molecule has 0 unspecified atom stereocenters. The first-order chi connectivity index (χ1) is 9.54. The van der Waals surface area contributed by atoms with Gasteiger partial charge in [-0.15, -0.1) is 11.3 Å². The molecule has 2 aromatic rings. The average molecular weight is 310 g/mol. The zero-order valence-corrected chi connectivity index (χ0v) is 12.7. The summed E-state index contributed by atoms with van der Waals surface area (Å²) in [6.07, 6.45) is 1.70. The van der Waals surface area contributed by atoms with Gasteiger partial charge in [0.1, 0.15) is 5.03 Å². The summed E-state index contributed by atoms with van der Waals surface area (Å²) in [5.74, 6) is -0.170. The fraction of sp³-hybridized carbons (Fsp3) is 0.308. The minimum atomic E-state index is -0.881. The van der Waals surface area contributed by atoms with Crippen LogP contribution >= 0.6 is 23.1 Å². The lowest BCUT2D eigenvalue weighted by Gasteiger charge is -2.11. The van der Waals surface area contributed by atoms with E-state index in [-0.39, 0.29) is 12.5 Å². The van der Waals surface area contributed by atoms with Crippen LogP contribution in [-0.4, -0.2) is 27.1 Å². The number of carboxylic acids is 1. The first-order valence-corrected chi connectivity index (χ1v) is 7.70. The number of carboxylic acid groups (broad SMARTS) is 1. The highest BCUT2D eigenvalue weighted by Gasteiger charge is 2.12. The van der Waals surface area contributed by atoms with Crippen LogP contribution in [0.3, 0.4) is 0 Å². The summed E-state index contributed by atoms with van der Waals surface area (Å²) in [6, 6.07) is 3.68. The van der Waals surface area contributed by atoms with Crippen LogP contribution in [-0.2, 0) is 11.2 Å². The first kappa shape index (κ1) is 14.8. The molecular formula is C13H14N2O3S2. The van der Waals surface area contributed by atoms with Gasteiger partial charge in [-0.3, -0.25) is 4.79 Å². The van der Waals surface area contributed by atoms with Crippen LogP contribution in [0.25, 0.3) is 0 Å². The Labute approximate surface area is 125 Å². The van der Waals surface area contributed by atoms with E-state index in [0.717, 1.165) is 9.37 Å². The van der Waals surface area contributed by atoms with Crippen LogP contribution in [0, 0.1) is 0 Å². The standard InChI is InChI=1S/C13H14N2O3S2/c1-8(2)18-10-4-3-5-14-12(10)20-13-15-9(7-19-13)6-11(16)17/h3-5,7-8H,6H2,1-2H3,(H,16,17). The third-order valence-corrected chi connectivity index (χ3v) is 4.13. The Morgan fingerprint density at radius 2 is 2.35 bits per heavy atom. The van der Waals surface area contributed by atoms with E-state index in [1.165, 1.54) is 23.1 Å². The molecule has 0 saturated heterocycles. The molecule has 0 fully saturated rings. The number of nitrogens with zero attached hydrogens (tertiary/aromatic N) is 2. The Balaban J connectivity index is 2.13. The predicted molar refractivity (Wildman–Crippen MR) is 77.6 cm³/mol. The van der Waals surface area contributed by atoms with Crippen molar-refractivity contribution in [2.45, 2.75) is 35.7 Å². The summed E-state index contributed by atoms with van der Waals surface area (Å²) in [7, 11) is 0. The monoisotopic (exact) mass is 310 g/mol. The number of rotatable bonds is 6. The number of aromatic nitrogens is 2. The van der Waals surface area contributed by atoms with Crippen molar-refractivity contribution < 1.29 is 14.6 Å². The molecule has 0 spiro atoms. The summed E-state index contributed by atoms with van der Waals surface area (Å²) in [5, 5.41) is 11.2. The Morgan fingerprint density at radius 1 is 1.55 bits per heavy atom. The second-order valence-electron chi connectivity index (χ2n) is 4.25. The molecule has 0 aliphatic rings. The van der Waals surface area contributed by atoms with Crippen molar-refractivity contribution in [2.24, 2.45) is 0 Å². The van der Waals surface area contributed by atoms with E-state index in [1.54, 1.807) is 11.6 Å². The molecule has 2 rings (SSSR count). The number of carbonyl (C=O) groups is 1. The molecule has 0 atom stereocenters. The predicted octanol–water partition coefficient (Wildman–Crippen LogP) is 3.10. The van der Waals surface area contributed by atoms with Gasteiger partial charge in [0.05, 0.1) is 18.2 Å². The largest absolute Gasteiger partial charge is 0.488 e. The number of aliphatic carboxylic acids is 1. The number of hydrogen-bond donors (Lipinski definition) is 1. The van der Waals surface area contributed by atoms with Gasteiger partial charge in [0, 0.05) is 11.6 Å². The van der Waals surface area contributed by atoms with E-state index in [2.05, 4.69) is 9.97 Å². The van der Waals surface area contributed by atoms with Crippen molar-refractivity contribution in [3.8, 4) is 5.75 Å². The highest BCUT2D eigenvalue weighted by Crippen LogP contribution is 2.35. The lowest BCUT2D eigenvalue weighted by atomic mass is 10.3. The maximum absolute atomic E-state index is 10.6. The Morgan fingerprint density at radius 3 is 3.05 bits per heavy atom. The SMILES string of the molecule is CC(C)Oc1cccnc1Sc1nc(CC(=O)O)cs1. The minimum Gasteiger partial charge on any atom is -0.488 e. The molecule has 2 heterocycles. The number of hydrogen-bond acceptors (Lipinski definition) is 6. The van der Waals surface area contributed by atoms with Crippen molar-refractivity contribution >= 4 is 29.1 Å². The molecule has 0 radical (unpaired) electrons. The number of thiazole rings is 1. The van der Waals surface area contributed by atoms with Gasteiger partial charge in [-0.2, -0.15) is 0 Å². The van der Waals surface area contributed by atoms with Crippen LogP contribution in [0.1, 0.15) is 19.5 Å². The molecule has 1 N–H and O–H groups in total. The van der Waals surface area contributed by atoms with Gasteiger partial charge in [-0.1, -0.05) is 0 Å². The van der Waals surface area contributed by atoms with Crippen molar-refractivity contribution in [1.82, 2.24) is 9.97 Å². The number of ether oxygens (including phenoxy) is 1. The minimum absolute atomic E-state index is 0.0609. The second-order valence-corrected chi connectivity index (χ2v) is 6.34. The highest BCUT2D eigenvalue weighted by molar-refractivity contribution is 8.01. The Kier molecular flexibility index (Phi) is 4.97. The van der Waals surface area contributed by atoms with Crippen LogP contribution in [0.15, 0.2) is 33.1 Å². The zero-order valence-electron chi connectivity index (χ0n) is 11.1. The van der Waals surface area contributed by atoms with Crippen molar-refractivity contribution in [1.29, 1.82) is 0 Å². The van der Waals surface area contributed by atoms with E-state index in [9.17, 15) is 4.79 Å². The van der Waals surface area contributed by atoms with Crippen LogP contribution in [0.5, 0.6) is 5.75 Å². The van der Waals surface area contributed by atoms with E-state index < -0.39 is 5.97 Å². The van der Waals surface area contributed by atoms with Gasteiger partial charge < -0.3 is 9.84 Å². The third kappa shape index (κ3) is 4.21. The van der Waals surface area contributed by atoms with Crippen molar-refractivity contribution in [2.75, 3.05) is 0 Å². The smallest absolute Gasteiger partial charge is 0.309 e. The molecular weight excluding hydrogens is 296 g/mol. The summed E-state index contributed by atoms with van der Waals surface area (Å²) < 4.78 is 6.45. The lowest BCUT2D eigenvalue weighted by molar-refractivity contribution is -0.136. The Bertz CT molecular complexity index is 599. The van der Waals surface area contributed by atoms with E-state index in [4.69, 9.17) is 9.84 Å². The maximum Gasteiger partial charge on any atom is 0.309 e. The van der Waals surface area contributed by atoms with Gasteiger partial charge in [0.25, 0.3) is 0 Å². The zero-order chi connectivity index (χ0) is 14.5. The Hall–Kier alpha value is -1.60. The van der Waals surface area contributed by atoms with Crippen LogP contribution < -0.4 is 4.74 Å². The fourth-order valence-electron chi connectivity index (χ4n) is 1.45. The van der Waals surface area contributed by atoms with Crippen molar-refractivity contribution in [3.63, 3.8) is 0 Å². The topological polar surface area (TPSA) is 72.3 Å². The lowest BCUT2D eigenvalue weighted by Crippen LogP contribution is -2.06. The molecule has 0 aromatic carbocycles. The maximum atomic E-state index is 10.6. The summed E-state index contributed by atoms with van der Waals surface area (Å²) >= 11 is 2.79. The molecule has 2 aromatic heterocycles. The quantitative estimate of drug-likeness (QED) is 0.884. The fourth-order valence-corrected chi connectivity index (χ4v) is 3.23. The highest BCUT2D eigenvalue weighted by atomic mass is 32.2. The molecule has 0 aliphatic carbocycles. The molecule has 0 bridgehead atoms. The van der Waals surface area contributed by atoms with Gasteiger partial charge >= 0.3 is 5.97 Å². The molecule has 0 amide bonds. The molecule has 0 aliphatic heterocycles. The van der Waals surface area contributed by atoms with E-state index in [1.807, 2.05) is 26.0 Å². The van der Waals surface area contributed by atoms with E-state index >= 15 is 0 Å².